The van der Waals surface area contributed by atoms with Crippen LogP contribution >= 0.6 is 11.3 Å². The van der Waals surface area contributed by atoms with Crippen molar-refractivity contribution in [2.45, 2.75) is 20.4 Å². The number of anilines is 1. The van der Waals surface area contributed by atoms with Crippen molar-refractivity contribution in [3.05, 3.63) is 88.8 Å². The Morgan fingerprint density at radius 2 is 1.86 bits per heavy atom. The van der Waals surface area contributed by atoms with E-state index < -0.39 is 0 Å². The smallest absolute Gasteiger partial charge is 0.257 e. The number of hydrogen-bond acceptors (Lipinski definition) is 4. The molecule has 0 saturated heterocycles. The third kappa shape index (κ3) is 3.73. The van der Waals surface area contributed by atoms with Crippen molar-refractivity contribution in [1.29, 1.82) is 0 Å². The number of aryl methyl sites for hydroxylation is 1. The van der Waals surface area contributed by atoms with E-state index in [0.29, 0.717) is 10.7 Å². The van der Waals surface area contributed by atoms with Gasteiger partial charge in [-0.3, -0.25) is 15.1 Å². The molecule has 0 aliphatic heterocycles. The molecule has 28 heavy (non-hydrogen) atoms. The van der Waals surface area contributed by atoms with Crippen LogP contribution in [0.25, 0.3) is 11.3 Å². The van der Waals surface area contributed by atoms with Crippen LogP contribution in [0.5, 0.6) is 0 Å². The maximum atomic E-state index is 12.3. The van der Waals surface area contributed by atoms with Crippen molar-refractivity contribution in [2.24, 2.45) is 0 Å². The third-order valence-corrected chi connectivity index (χ3v) is 5.46. The van der Waals surface area contributed by atoms with Gasteiger partial charge in [-0.2, -0.15) is 0 Å². The Kier molecular flexibility index (Phi) is 5.04. The first kappa shape index (κ1) is 18.1. The van der Waals surface area contributed by atoms with E-state index in [0.717, 1.165) is 17.8 Å². The number of nitrogens with one attached hydrogen (secondary N) is 1. The molecule has 5 nitrogen and oxygen atoms in total. The molecule has 0 radical (unpaired) electrons. The Labute approximate surface area is 167 Å². The molecule has 0 atom stereocenters. The molecule has 1 N–H and O–H groups in total. The lowest BCUT2D eigenvalue weighted by Crippen LogP contribution is -2.11. The van der Waals surface area contributed by atoms with E-state index in [1.54, 1.807) is 24.5 Å². The molecule has 0 aliphatic carbocycles. The SMILES string of the molecule is Cc1cc(-c2csc(NC(=O)c3ccncc3)n2)c(C)n1Cc1ccccc1. The molecule has 0 unspecified atom stereocenters. The summed E-state index contributed by atoms with van der Waals surface area (Å²) in [6.45, 7) is 5.05. The summed E-state index contributed by atoms with van der Waals surface area (Å²) < 4.78 is 2.29. The molecular weight excluding hydrogens is 368 g/mol. The number of pyridine rings is 1. The summed E-state index contributed by atoms with van der Waals surface area (Å²) in [7, 11) is 0. The van der Waals surface area contributed by atoms with Crippen molar-refractivity contribution in [3.8, 4) is 11.3 Å². The van der Waals surface area contributed by atoms with Crippen LogP contribution in [-0.2, 0) is 6.54 Å². The fourth-order valence-electron chi connectivity index (χ4n) is 3.20. The van der Waals surface area contributed by atoms with Crippen molar-refractivity contribution < 1.29 is 4.79 Å². The highest BCUT2D eigenvalue weighted by atomic mass is 32.1. The largest absolute Gasteiger partial charge is 0.344 e. The average molecular weight is 388 g/mol. The van der Waals surface area contributed by atoms with Crippen LogP contribution < -0.4 is 5.32 Å². The minimum atomic E-state index is -0.183. The Morgan fingerprint density at radius 3 is 2.61 bits per heavy atom. The van der Waals surface area contributed by atoms with Gasteiger partial charge in [0, 0.05) is 46.8 Å². The second-order valence-corrected chi connectivity index (χ2v) is 7.44. The minimum Gasteiger partial charge on any atom is -0.344 e. The number of carbonyl (C=O) groups excluding carboxylic acids is 1. The molecule has 0 saturated carbocycles. The molecule has 3 aromatic heterocycles. The van der Waals surface area contributed by atoms with Crippen LogP contribution in [0.1, 0.15) is 27.3 Å². The summed E-state index contributed by atoms with van der Waals surface area (Å²) in [5.41, 5.74) is 6.15. The topological polar surface area (TPSA) is 59.8 Å². The van der Waals surface area contributed by atoms with E-state index >= 15 is 0 Å². The summed E-state index contributed by atoms with van der Waals surface area (Å²) in [5, 5.41) is 5.43. The number of thiazole rings is 1. The van der Waals surface area contributed by atoms with Gasteiger partial charge in [-0.25, -0.2) is 4.98 Å². The van der Waals surface area contributed by atoms with Crippen molar-refractivity contribution in [1.82, 2.24) is 14.5 Å². The van der Waals surface area contributed by atoms with Gasteiger partial charge in [-0.05, 0) is 37.6 Å². The number of benzene rings is 1. The monoisotopic (exact) mass is 388 g/mol. The van der Waals surface area contributed by atoms with E-state index in [1.807, 2.05) is 11.4 Å². The van der Waals surface area contributed by atoms with Gasteiger partial charge in [-0.15, -0.1) is 11.3 Å². The van der Waals surface area contributed by atoms with E-state index in [1.165, 1.54) is 28.3 Å². The lowest BCUT2D eigenvalue weighted by atomic mass is 10.2. The molecular formula is C22H20N4OS. The third-order valence-electron chi connectivity index (χ3n) is 4.70. The highest BCUT2D eigenvalue weighted by Crippen LogP contribution is 2.30. The first-order chi connectivity index (χ1) is 13.6. The number of hydrogen-bond donors (Lipinski definition) is 1. The van der Waals surface area contributed by atoms with Gasteiger partial charge in [0.2, 0.25) is 0 Å². The Hall–Kier alpha value is -3.25. The number of aromatic nitrogens is 3. The van der Waals surface area contributed by atoms with E-state index in [4.69, 9.17) is 0 Å². The number of rotatable bonds is 5. The maximum Gasteiger partial charge on any atom is 0.257 e. The maximum absolute atomic E-state index is 12.3. The second-order valence-electron chi connectivity index (χ2n) is 6.58. The normalized spacial score (nSPS) is 10.8. The highest BCUT2D eigenvalue weighted by Gasteiger charge is 2.15. The van der Waals surface area contributed by atoms with Gasteiger partial charge < -0.3 is 4.57 Å². The lowest BCUT2D eigenvalue weighted by molar-refractivity contribution is 0.102. The Balaban J connectivity index is 1.56. The average Bonchev–Trinajstić information content (AvgIpc) is 3.29. The summed E-state index contributed by atoms with van der Waals surface area (Å²) in [4.78, 5) is 20.9. The van der Waals surface area contributed by atoms with Crippen molar-refractivity contribution in [3.63, 3.8) is 0 Å². The van der Waals surface area contributed by atoms with Crippen LogP contribution in [0.4, 0.5) is 5.13 Å². The molecule has 0 bridgehead atoms. The lowest BCUT2D eigenvalue weighted by Gasteiger charge is -2.09. The minimum absolute atomic E-state index is 0.183. The molecule has 0 spiro atoms. The zero-order chi connectivity index (χ0) is 19.5. The number of carbonyl (C=O) groups is 1. The van der Waals surface area contributed by atoms with E-state index in [-0.39, 0.29) is 5.91 Å². The zero-order valence-corrected chi connectivity index (χ0v) is 16.5. The summed E-state index contributed by atoms with van der Waals surface area (Å²) in [5.74, 6) is -0.183. The molecule has 4 aromatic rings. The Morgan fingerprint density at radius 1 is 1.11 bits per heavy atom. The van der Waals surface area contributed by atoms with E-state index in [2.05, 4.69) is 64.0 Å². The predicted octanol–water partition coefficient (Wildman–Crippen LogP) is 4.92. The van der Waals surface area contributed by atoms with Crippen LogP contribution in [0.15, 0.2) is 66.3 Å². The van der Waals surface area contributed by atoms with E-state index in [9.17, 15) is 4.79 Å². The van der Waals surface area contributed by atoms with Crippen molar-refractivity contribution in [2.75, 3.05) is 5.32 Å². The molecule has 1 aromatic carbocycles. The molecule has 1 amide bonds. The summed E-state index contributed by atoms with van der Waals surface area (Å²) >= 11 is 1.43. The predicted molar refractivity (Wildman–Crippen MR) is 113 cm³/mol. The van der Waals surface area contributed by atoms with Gasteiger partial charge >= 0.3 is 0 Å². The highest BCUT2D eigenvalue weighted by molar-refractivity contribution is 7.14. The van der Waals surface area contributed by atoms with Crippen LogP contribution in [-0.4, -0.2) is 20.4 Å². The molecule has 140 valence electrons. The number of nitrogens with zero attached hydrogens (tertiary/aromatic N) is 3. The Bertz CT molecular complexity index is 1100. The quantitative estimate of drug-likeness (QED) is 0.528. The summed E-state index contributed by atoms with van der Waals surface area (Å²) in [6, 6.07) is 15.9. The molecule has 6 heteroatoms. The number of amides is 1. The van der Waals surface area contributed by atoms with Gasteiger partial charge in [0.15, 0.2) is 5.13 Å². The fraction of sp³-hybridized carbons (Fsp3) is 0.136. The summed E-state index contributed by atoms with van der Waals surface area (Å²) in [6.07, 6.45) is 3.20. The van der Waals surface area contributed by atoms with Gasteiger partial charge in [0.1, 0.15) is 0 Å². The van der Waals surface area contributed by atoms with Crippen LogP contribution in [0.2, 0.25) is 0 Å². The standard InChI is InChI=1S/C22H20N4OS/c1-15-12-19(16(2)26(15)13-17-6-4-3-5-7-17)20-14-28-22(24-20)25-21(27)18-8-10-23-11-9-18/h3-12,14H,13H2,1-2H3,(H,24,25,27). The molecule has 3 heterocycles. The fourth-order valence-corrected chi connectivity index (χ4v) is 3.90. The first-order valence-corrected chi connectivity index (χ1v) is 9.87. The molecule has 0 aliphatic rings. The van der Waals surface area contributed by atoms with Gasteiger partial charge in [0.25, 0.3) is 5.91 Å². The van der Waals surface area contributed by atoms with Gasteiger partial charge in [0.05, 0.1) is 5.69 Å². The first-order valence-electron chi connectivity index (χ1n) is 9.00. The van der Waals surface area contributed by atoms with Crippen LogP contribution in [0.3, 0.4) is 0 Å². The zero-order valence-electron chi connectivity index (χ0n) is 15.7. The molecule has 0 fully saturated rings. The van der Waals surface area contributed by atoms with Gasteiger partial charge in [-0.1, -0.05) is 30.3 Å². The van der Waals surface area contributed by atoms with Crippen LogP contribution in [0, 0.1) is 13.8 Å². The second kappa shape index (κ2) is 7.78. The molecule has 4 rings (SSSR count). The van der Waals surface area contributed by atoms with Crippen molar-refractivity contribution >= 4 is 22.4 Å².